The van der Waals surface area contributed by atoms with Crippen molar-refractivity contribution in [2.24, 2.45) is 11.5 Å². The smallest absolute Gasteiger partial charge is 0.323 e. The Morgan fingerprint density at radius 3 is 2.23 bits per heavy atom. The van der Waals surface area contributed by atoms with E-state index in [1.165, 1.54) is 0 Å². The summed E-state index contributed by atoms with van der Waals surface area (Å²) >= 11 is 0. The molecule has 0 unspecified atom stereocenters. The maximum Gasteiger partial charge on any atom is 0.323 e. The van der Waals surface area contributed by atoms with Crippen LogP contribution in [0.15, 0.2) is 0 Å². The van der Waals surface area contributed by atoms with Gasteiger partial charge in [-0.1, -0.05) is 0 Å². The summed E-state index contributed by atoms with van der Waals surface area (Å²) in [4.78, 5) is 33.5. The van der Waals surface area contributed by atoms with E-state index in [4.69, 9.17) is 14.2 Å². The maximum absolute atomic E-state index is 11.5. The predicted octanol–water partition coefficient (Wildman–Crippen LogP) is -3.58. The molecule has 0 aliphatic heterocycles. The van der Waals surface area contributed by atoms with Crippen LogP contribution in [0.5, 0.6) is 0 Å². The molecule has 6 atom stereocenters. The van der Waals surface area contributed by atoms with Crippen LogP contribution in [0.1, 0.15) is 16.5 Å². The second kappa shape index (κ2) is 9.43. The zero-order valence-corrected chi connectivity index (χ0v) is 11.7. The van der Waals surface area contributed by atoms with Gasteiger partial charge in [0.1, 0.15) is 37.0 Å². The highest BCUT2D eigenvalue weighted by Gasteiger charge is 2.36. The third-order valence-corrected chi connectivity index (χ3v) is 2.46. The number of hydrogen-bond acceptors (Lipinski definition) is 10. The summed E-state index contributed by atoms with van der Waals surface area (Å²) in [7, 11) is 0. The molecule has 0 spiro atoms. The Balaban J connectivity index is 4.85. The highest BCUT2D eigenvalue weighted by molar-refractivity contribution is 5.75. The molecule has 10 nitrogen and oxygen atoms in total. The number of carbonyl (C=O) groups excluding carboxylic acids is 3. The van der Waals surface area contributed by atoms with Gasteiger partial charge in [-0.15, -0.1) is 0 Å². The Hall–Kier alpha value is -1.59. The number of aldehydes is 1. The first kappa shape index (κ1) is 16.8. The van der Waals surface area contributed by atoms with Crippen molar-refractivity contribution in [2.45, 2.75) is 50.3 Å². The van der Waals surface area contributed by atoms with Crippen LogP contribution in [-0.2, 0) is 23.9 Å². The van der Waals surface area contributed by atoms with Gasteiger partial charge in [-0.3, -0.25) is 9.59 Å². The molecular weight excluding hydrogens is 300 g/mol. The number of esters is 2. The number of nitrogens with two attached hydrogens (primary N) is 2. The fourth-order valence-corrected chi connectivity index (χ4v) is 1.23. The lowest BCUT2D eigenvalue weighted by Crippen LogP contribution is -2.51. The highest BCUT2D eigenvalue weighted by atomic mass is 16.6. The molecule has 0 fully saturated rings. The van der Waals surface area contributed by atoms with Gasteiger partial charge in [0.05, 0.1) is 0 Å². The second-order valence-electron chi connectivity index (χ2n) is 4.43. The number of ether oxygens (including phenoxy) is 2. The number of aliphatic hydroxyl groups is 3. The van der Waals surface area contributed by atoms with Crippen molar-refractivity contribution in [1.82, 2.24) is 0 Å². The summed E-state index contributed by atoms with van der Waals surface area (Å²) in [5, 5.41) is 29.1. The molecule has 0 amide bonds. The zero-order valence-electron chi connectivity index (χ0n) is 13.7. The van der Waals surface area contributed by atoms with Crippen LogP contribution in [0.2, 0.25) is 0 Å². The number of aliphatic hydroxyl groups excluding tert-OH is 3. The SMILES string of the molecule is [2H]C[C@H](N)C(=O)OC[C@@H](O)[C@@H](O)[C@H](OC(=O)[C@@H](N)C[2H])[C@@H](O)C=O. The third-order valence-electron chi connectivity index (χ3n) is 2.46. The van der Waals surface area contributed by atoms with Gasteiger partial charge in [-0.2, -0.15) is 0 Å². The summed E-state index contributed by atoms with van der Waals surface area (Å²) in [6.07, 6.45) is -7.73. The van der Waals surface area contributed by atoms with E-state index in [2.05, 4.69) is 9.47 Å². The number of rotatable bonds is 9. The summed E-state index contributed by atoms with van der Waals surface area (Å²) in [6.45, 7) is -1.77. The van der Waals surface area contributed by atoms with E-state index in [-0.39, 0.29) is 6.29 Å². The Morgan fingerprint density at radius 2 is 1.73 bits per heavy atom. The monoisotopic (exact) mass is 324 g/mol. The Labute approximate surface area is 129 Å². The van der Waals surface area contributed by atoms with E-state index in [1.54, 1.807) is 0 Å². The molecule has 0 radical (unpaired) electrons. The van der Waals surface area contributed by atoms with Crippen molar-refractivity contribution in [3.8, 4) is 0 Å². The van der Waals surface area contributed by atoms with Crippen molar-refractivity contribution in [3.05, 3.63) is 0 Å². The summed E-state index contributed by atoms with van der Waals surface area (Å²) in [5.41, 5.74) is 10.5. The molecule has 0 aromatic heterocycles. The lowest BCUT2D eigenvalue weighted by atomic mass is 10.0. The molecule has 0 rings (SSSR count). The van der Waals surface area contributed by atoms with Crippen LogP contribution in [0.25, 0.3) is 0 Å². The van der Waals surface area contributed by atoms with Crippen molar-refractivity contribution < 1.29 is 41.9 Å². The topological polar surface area (TPSA) is 182 Å². The van der Waals surface area contributed by atoms with Gasteiger partial charge in [-0.05, 0) is 13.8 Å². The molecule has 0 aromatic carbocycles. The minimum atomic E-state index is -1.99. The molecule has 0 saturated carbocycles. The highest BCUT2D eigenvalue weighted by Crippen LogP contribution is 2.11. The van der Waals surface area contributed by atoms with Gasteiger partial charge >= 0.3 is 11.9 Å². The molecule has 10 heteroatoms. The summed E-state index contributed by atoms with van der Waals surface area (Å²) < 4.78 is 23.0. The number of carbonyl (C=O) groups is 3. The minimum absolute atomic E-state index is 0.0396. The first-order valence-corrected chi connectivity index (χ1v) is 6.15. The maximum atomic E-state index is 11.5. The van der Waals surface area contributed by atoms with Gasteiger partial charge in [0.25, 0.3) is 0 Å². The average Bonchev–Trinajstić information content (AvgIpc) is 2.60. The van der Waals surface area contributed by atoms with Crippen LogP contribution in [-0.4, -0.2) is 76.7 Å². The Bertz CT molecular complexity index is 428. The van der Waals surface area contributed by atoms with Gasteiger partial charge in [0.15, 0.2) is 12.4 Å². The van der Waals surface area contributed by atoms with E-state index >= 15 is 0 Å². The van der Waals surface area contributed by atoms with Gasteiger partial charge in [0, 0.05) is 2.74 Å². The van der Waals surface area contributed by atoms with Gasteiger partial charge in [0.2, 0.25) is 0 Å². The van der Waals surface area contributed by atoms with Crippen molar-refractivity contribution in [1.29, 1.82) is 0 Å². The largest absolute Gasteiger partial charge is 0.462 e. The van der Waals surface area contributed by atoms with Crippen molar-refractivity contribution >= 4 is 18.2 Å². The molecule has 0 aromatic rings. The quantitative estimate of drug-likeness (QED) is 0.210. The second-order valence-corrected chi connectivity index (χ2v) is 4.43. The summed E-state index contributed by atoms with van der Waals surface area (Å²) in [6, 6.07) is -2.61. The molecule has 128 valence electrons. The fourth-order valence-electron chi connectivity index (χ4n) is 1.23. The Morgan fingerprint density at radius 1 is 1.18 bits per heavy atom. The normalized spacial score (nSPS) is 20.4. The van der Waals surface area contributed by atoms with Gasteiger partial charge < -0.3 is 41.1 Å². The number of hydrogen-bond donors (Lipinski definition) is 5. The molecule has 0 bridgehead atoms. The van der Waals surface area contributed by atoms with Crippen LogP contribution in [0.3, 0.4) is 0 Å². The van der Waals surface area contributed by atoms with Crippen LogP contribution in [0.4, 0.5) is 0 Å². The van der Waals surface area contributed by atoms with Crippen molar-refractivity contribution in [3.63, 3.8) is 0 Å². The molecular formula is C12H22N2O8. The van der Waals surface area contributed by atoms with E-state index in [9.17, 15) is 29.7 Å². The minimum Gasteiger partial charge on any atom is -0.462 e. The van der Waals surface area contributed by atoms with E-state index < -0.39 is 68.8 Å². The first-order valence-electron chi connectivity index (χ1n) is 7.57. The van der Waals surface area contributed by atoms with E-state index in [1.807, 2.05) is 0 Å². The van der Waals surface area contributed by atoms with Crippen LogP contribution < -0.4 is 11.5 Å². The lowest BCUT2D eigenvalue weighted by molar-refractivity contribution is -0.178. The van der Waals surface area contributed by atoms with E-state index in [0.717, 1.165) is 0 Å². The molecule has 0 aliphatic carbocycles. The standard InChI is InChI=1S/C12H22N2O8/c1-5(13)11(19)21-4-8(17)9(18)10(7(16)3-15)22-12(20)6(2)14/h3,5-10,16-18H,4,13-14H2,1-2H3/t5-,6-,7-,8+,9+,10+/m0/s1/i1D,2D. The molecule has 7 N–H and O–H groups in total. The van der Waals surface area contributed by atoms with Crippen molar-refractivity contribution in [2.75, 3.05) is 6.61 Å². The van der Waals surface area contributed by atoms with Crippen LogP contribution >= 0.6 is 0 Å². The van der Waals surface area contributed by atoms with Crippen LogP contribution in [0, 0.1) is 0 Å². The predicted molar refractivity (Wildman–Crippen MR) is 72.2 cm³/mol. The summed E-state index contributed by atoms with van der Waals surface area (Å²) in [5.74, 6) is -2.17. The Kier molecular flexibility index (Phi) is 7.19. The first-order chi connectivity index (χ1) is 11.2. The molecule has 0 aliphatic rings. The van der Waals surface area contributed by atoms with Gasteiger partial charge in [-0.25, -0.2) is 0 Å². The van der Waals surface area contributed by atoms with E-state index in [0.29, 0.717) is 0 Å². The third kappa shape index (κ3) is 6.45. The average molecular weight is 324 g/mol. The fraction of sp³-hybridized carbons (Fsp3) is 0.750. The lowest BCUT2D eigenvalue weighted by Gasteiger charge is -2.28. The molecule has 0 heterocycles. The molecule has 22 heavy (non-hydrogen) atoms. The molecule has 0 saturated heterocycles. The zero-order chi connectivity index (χ0) is 18.9.